The summed E-state index contributed by atoms with van der Waals surface area (Å²) in [5.74, 6) is -0.378. The Hall–Kier alpha value is -4.15. The third-order valence-electron chi connectivity index (χ3n) is 4.59. The SMILES string of the molecule is Cc1ccc(NC(=O)CC(=O)NN=Cc2ccc(OCc3ccccc3C#N)cc2)cc1Cl. The standard InChI is InChI=1S/C25H21ClN4O3/c1-17-6-9-21(12-23(17)26)29-24(31)13-25(32)30-28-15-18-7-10-22(11-8-18)33-16-20-5-3-2-4-19(20)14-27/h2-12,15H,13,16H2,1H3,(H,29,31)(H,30,32). The van der Waals surface area contributed by atoms with E-state index in [1.54, 1.807) is 54.6 Å². The van der Waals surface area contributed by atoms with Gasteiger partial charge in [0.1, 0.15) is 18.8 Å². The average molecular weight is 461 g/mol. The second-order valence-corrected chi connectivity index (χ2v) is 7.52. The van der Waals surface area contributed by atoms with Crippen LogP contribution in [0.1, 0.15) is 28.7 Å². The summed E-state index contributed by atoms with van der Waals surface area (Å²) in [4.78, 5) is 23.9. The van der Waals surface area contributed by atoms with Crippen molar-refractivity contribution in [2.45, 2.75) is 20.0 Å². The summed E-state index contributed by atoms with van der Waals surface area (Å²) in [6, 6.07) is 21.6. The van der Waals surface area contributed by atoms with Crippen molar-refractivity contribution in [2.75, 3.05) is 5.32 Å². The topological polar surface area (TPSA) is 104 Å². The molecule has 0 aromatic heterocycles. The van der Waals surface area contributed by atoms with E-state index in [0.717, 1.165) is 16.7 Å². The molecule has 0 saturated carbocycles. The third kappa shape index (κ3) is 7.20. The second kappa shape index (κ2) is 11.5. The molecule has 7 nitrogen and oxygen atoms in total. The van der Waals surface area contributed by atoms with Crippen LogP contribution in [0.5, 0.6) is 5.75 Å². The molecule has 8 heteroatoms. The van der Waals surface area contributed by atoms with E-state index in [0.29, 0.717) is 22.0 Å². The van der Waals surface area contributed by atoms with Gasteiger partial charge in [0.05, 0.1) is 17.8 Å². The number of carbonyl (C=O) groups is 2. The number of aryl methyl sites for hydroxylation is 1. The van der Waals surface area contributed by atoms with Crippen molar-refractivity contribution in [3.63, 3.8) is 0 Å². The van der Waals surface area contributed by atoms with Gasteiger partial charge < -0.3 is 10.1 Å². The molecule has 0 atom stereocenters. The summed E-state index contributed by atoms with van der Waals surface area (Å²) in [7, 11) is 0. The van der Waals surface area contributed by atoms with E-state index in [1.165, 1.54) is 6.21 Å². The predicted molar refractivity (Wildman–Crippen MR) is 127 cm³/mol. The van der Waals surface area contributed by atoms with E-state index < -0.39 is 11.8 Å². The zero-order valence-electron chi connectivity index (χ0n) is 17.8. The fourth-order valence-corrected chi connectivity index (χ4v) is 2.99. The molecule has 0 aliphatic heterocycles. The van der Waals surface area contributed by atoms with Gasteiger partial charge in [0.2, 0.25) is 11.8 Å². The smallest absolute Gasteiger partial charge is 0.249 e. The van der Waals surface area contributed by atoms with Crippen LogP contribution in [0.25, 0.3) is 0 Å². The van der Waals surface area contributed by atoms with Gasteiger partial charge in [0.25, 0.3) is 0 Å². The van der Waals surface area contributed by atoms with E-state index in [2.05, 4.69) is 21.9 Å². The Morgan fingerprint density at radius 2 is 1.85 bits per heavy atom. The lowest BCUT2D eigenvalue weighted by Gasteiger charge is -2.07. The number of nitrogens with one attached hydrogen (secondary N) is 2. The number of benzene rings is 3. The van der Waals surface area contributed by atoms with Gasteiger partial charge in [-0.05, 0) is 60.5 Å². The van der Waals surface area contributed by atoms with Gasteiger partial charge in [-0.2, -0.15) is 10.4 Å². The van der Waals surface area contributed by atoms with Gasteiger partial charge in [-0.3, -0.25) is 9.59 Å². The quantitative estimate of drug-likeness (QED) is 0.291. The van der Waals surface area contributed by atoms with Gasteiger partial charge >= 0.3 is 0 Å². The minimum atomic E-state index is -0.543. The largest absolute Gasteiger partial charge is 0.489 e. The Kier molecular flexibility index (Phi) is 8.17. The third-order valence-corrected chi connectivity index (χ3v) is 5.00. The van der Waals surface area contributed by atoms with Gasteiger partial charge in [-0.15, -0.1) is 0 Å². The molecule has 33 heavy (non-hydrogen) atoms. The van der Waals surface area contributed by atoms with Crippen molar-refractivity contribution >= 4 is 35.3 Å². The zero-order chi connectivity index (χ0) is 23.6. The molecular formula is C25H21ClN4O3. The highest BCUT2D eigenvalue weighted by atomic mass is 35.5. The molecule has 0 aliphatic rings. The number of hydrazone groups is 1. The number of hydrogen-bond acceptors (Lipinski definition) is 5. The fourth-order valence-electron chi connectivity index (χ4n) is 2.81. The first-order valence-electron chi connectivity index (χ1n) is 10.0. The van der Waals surface area contributed by atoms with E-state index in [1.807, 2.05) is 19.1 Å². The van der Waals surface area contributed by atoms with E-state index in [-0.39, 0.29) is 13.0 Å². The lowest BCUT2D eigenvalue weighted by molar-refractivity contribution is -0.126. The Balaban J connectivity index is 1.44. The molecule has 0 fully saturated rings. The molecule has 166 valence electrons. The Morgan fingerprint density at radius 1 is 1.09 bits per heavy atom. The lowest BCUT2D eigenvalue weighted by Crippen LogP contribution is -2.24. The first kappa shape index (κ1) is 23.5. The predicted octanol–water partition coefficient (Wildman–Crippen LogP) is 4.58. The van der Waals surface area contributed by atoms with Crippen molar-refractivity contribution in [3.05, 3.63) is 94.0 Å². The highest BCUT2D eigenvalue weighted by Crippen LogP contribution is 2.20. The Bertz CT molecular complexity index is 1220. The molecule has 0 unspecified atom stereocenters. The van der Waals surface area contributed by atoms with Gasteiger partial charge in [-0.1, -0.05) is 35.9 Å². The summed E-state index contributed by atoms with van der Waals surface area (Å²) in [6.45, 7) is 2.14. The van der Waals surface area contributed by atoms with E-state index in [9.17, 15) is 9.59 Å². The maximum atomic E-state index is 12.0. The highest BCUT2D eigenvalue weighted by Gasteiger charge is 2.09. The molecule has 3 aromatic carbocycles. The molecule has 0 aliphatic carbocycles. The Morgan fingerprint density at radius 3 is 2.58 bits per heavy atom. The summed E-state index contributed by atoms with van der Waals surface area (Å²) >= 11 is 6.03. The molecule has 0 saturated heterocycles. The van der Waals surface area contributed by atoms with Crippen molar-refractivity contribution in [3.8, 4) is 11.8 Å². The maximum absolute atomic E-state index is 12.0. The number of rotatable bonds is 8. The molecule has 3 rings (SSSR count). The number of nitriles is 1. The van der Waals surface area contributed by atoms with Crippen molar-refractivity contribution in [1.29, 1.82) is 5.26 Å². The number of halogens is 1. The molecule has 3 aromatic rings. The number of nitrogens with zero attached hydrogens (tertiary/aromatic N) is 2. The molecule has 0 radical (unpaired) electrons. The second-order valence-electron chi connectivity index (χ2n) is 7.11. The van der Waals surface area contributed by atoms with Crippen LogP contribution in [0.2, 0.25) is 5.02 Å². The van der Waals surface area contributed by atoms with Crippen LogP contribution < -0.4 is 15.5 Å². The van der Waals surface area contributed by atoms with E-state index in [4.69, 9.17) is 21.6 Å². The van der Waals surface area contributed by atoms with Crippen molar-refractivity contribution < 1.29 is 14.3 Å². The zero-order valence-corrected chi connectivity index (χ0v) is 18.6. The molecule has 2 N–H and O–H groups in total. The summed E-state index contributed by atoms with van der Waals surface area (Å²) in [5, 5.41) is 16.2. The van der Waals surface area contributed by atoms with Crippen LogP contribution >= 0.6 is 11.6 Å². The number of anilines is 1. The normalized spacial score (nSPS) is 10.5. The van der Waals surface area contributed by atoms with Crippen LogP contribution in [0.4, 0.5) is 5.69 Å². The lowest BCUT2D eigenvalue weighted by atomic mass is 10.1. The van der Waals surface area contributed by atoms with Crippen molar-refractivity contribution in [2.24, 2.45) is 5.10 Å². The first-order valence-corrected chi connectivity index (χ1v) is 10.4. The van der Waals surface area contributed by atoms with Crippen LogP contribution in [-0.2, 0) is 16.2 Å². The molecule has 2 amide bonds. The minimum Gasteiger partial charge on any atom is -0.489 e. The molecule has 0 heterocycles. The molecule has 0 bridgehead atoms. The molecular weight excluding hydrogens is 440 g/mol. The summed E-state index contributed by atoms with van der Waals surface area (Å²) < 4.78 is 5.72. The highest BCUT2D eigenvalue weighted by molar-refractivity contribution is 6.31. The minimum absolute atomic E-state index is 0.282. The fraction of sp³-hybridized carbons (Fsp3) is 0.120. The Labute approximate surface area is 196 Å². The molecule has 0 spiro atoms. The maximum Gasteiger partial charge on any atom is 0.249 e. The number of carbonyl (C=O) groups excluding carboxylic acids is 2. The summed E-state index contributed by atoms with van der Waals surface area (Å²) in [6.07, 6.45) is 1.09. The number of ether oxygens (including phenoxy) is 1. The number of amides is 2. The van der Waals surface area contributed by atoms with Crippen LogP contribution in [0.3, 0.4) is 0 Å². The van der Waals surface area contributed by atoms with Gasteiger partial charge in [0.15, 0.2) is 0 Å². The summed E-state index contributed by atoms with van der Waals surface area (Å²) in [5.41, 5.74) is 5.86. The van der Waals surface area contributed by atoms with Crippen LogP contribution in [0.15, 0.2) is 71.8 Å². The van der Waals surface area contributed by atoms with Crippen molar-refractivity contribution in [1.82, 2.24) is 5.43 Å². The van der Waals surface area contributed by atoms with E-state index >= 15 is 0 Å². The number of hydrogen-bond donors (Lipinski definition) is 2. The van der Waals surface area contributed by atoms with Gasteiger partial charge in [0, 0.05) is 16.3 Å². The van der Waals surface area contributed by atoms with Crippen LogP contribution in [0, 0.1) is 18.3 Å². The van der Waals surface area contributed by atoms with Crippen LogP contribution in [-0.4, -0.2) is 18.0 Å². The monoisotopic (exact) mass is 460 g/mol. The van der Waals surface area contributed by atoms with Gasteiger partial charge in [-0.25, -0.2) is 5.43 Å². The average Bonchev–Trinajstić information content (AvgIpc) is 2.81. The first-order chi connectivity index (χ1) is 15.9.